The summed E-state index contributed by atoms with van der Waals surface area (Å²) in [6, 6.07) is 25.6. The molecule has 0 saturated carbocycles. The molecule has 0 aliphatic carbocycles. The number of methoxy groups -OCH3 is 2. The van der Waals surface area contributed by atoms with E-state index in [0.717, 1.165) is 27.6 Å². The molecule has 0 spiro atoms. The van der Waals surface area contributed by atoms with Crippen molar-refractivity contribution in [3.05, 3.63) is 101 Å². The van der Waals surface area contributed by atoms with Gasteiger partial charge in [0.05, 0.1) is 26.0 Å². The summed E-state index contributed by atoms with van der Waals surface area (Å²) in [5, 5.41) is 19.4. The van der Waals surface area contributed by atoms with Crippen LogP contribution in [-0.4, -0.2) is 36.0 Å². The molecular formula is C29H24N2O5. The number of carbonyl (C=O) groups is 1. The summed E-state index contributed by atoms with van der Waals surface area (Å²) in [6.45, 7) is 0. The van der Waals surface area contributed by atoms with Gasteiger partial charge in [-0.2, -0.15) is 5.10 Å². The van der Waals surface area contributed by atoms with Crippen LogP contribution in [0.1, 0.15) is 45.7 Å². The van der Waals surface area contributed by atoms with Crippen LogP contribution in [0.4, 0.5) is 0 Å². The summed E-state index contributed by atoms with van der Waals surface area (Å²) >= 11 is 0. The van der Waals surface area contributed by atoms with Crippen molar-refractivity contribution in [1.29, 1.82) is 0 Å². The Labute approximate surface area is 208 Å². The SMILES string of the molecule is COc1ccc([C@@H]2Oc3ccccc3[C@@H]3CC(c4cccc5ccccc45)=NN32)c(C(=O)O)c1OC. The van der Waals surface area contributed by atoms with Gasteiger partial charge in [0, 0.05) is 23.1 Å². The second kappa shape index (κ2) is 8.61. The molecule has 36 heavy (non-hydrogen) atoms. The number of aromatic carboxylic acids is 1. The second-order valence-corrected chi connectivity index (χ2v) is 8.75. The summed E-state index contributed by atoms with van der Waals surface area (Å²) in [6.07, 6.45) is -0.0936. The Morgan fingerprint density at radius 1 is 0.944 bits per heavy atom. The van der Waals surface area contributed by atoms with Crippen LogP contribution < -0.4 is 14.2 Å². The number of para-hydroxylation sites is 1. The van der Waals surface area contributed by atoms with Gasteiger partial charge in [-0.3, -0.25) is 0 Å². The lowest BCUT2D eigenvalue weighted by Crippen LogP contribution is -2.34. The minimum Gasteiger partial charge on any atom is -0.493 e. The molecule has 6 rings (SSSR count). The Hall–Kier alpha value is -4.52. The Kier molecular flexibility index (Phi) is 5.25. The van der Waals surface area contributed by atoms with Gasteiger partial charge >= 0.3 is 5.97 Å². The molecule has 0 unspecified atom stereocenters. The Morgan fingerprint density at radius 3 is 2.53 bits per heavy atom. The van der Waals surface area contributed by atoms with E-state index < -0.39 is 12.2 Å². The van der Waals surface area contributed by atoms with Crippen molar-refractivity contribution in [3.63, 3.8) is 0 Å². The summed E-state index contributed by atoms with van der Waals surface area (Å²) in [5.74, 6) is 0.0770. The first kappa shape index (κ1) is 22.0. The molecule has 0 amide bonds. The molecule has 0 fully saturated rings. The second-order valence-electron chi connectivity index (χ2n) is 8.75. The number of hydrogen-bond donors (Lipinski definition) is 1. The van der Waals surface area contributed by atoms with E-state index in [1.807, 2.05) is 47.5 Å². The Bertz CT molecular complexity index is 1520. The molecule has 7 nitrogen and oxygen atoms in total. The summed E-state index contributed by atoms with van der Waals surface area (Å²) in [7, 11) is 2.91. The highest BCUT2D eigenvalue weighted by molar-refractivity contribution is 6.11. The third kappa shape index (κ3) is 3.35. The van der Waals surface area contributed by atoms with E-state index in [2.05, 4.69) is 24.3 Å². The highest BCUT2D eigenvalue weighted by atomic mass is 16.5. The van der Waals surface area contributed by atoms with Crippen molar-refractivity contribution >= 4 is 22.5 Å². The number of carboxylic acid groups (broad SMARTS) is 1. The maximum atomic E-state index is 12.4. The molecule has 1 N–H and O–H groups in total. The van der Waals surface area contributed by atoms with Crippen LogP contribution in [-0.2, 0) is 0 Å². The zero-order valence-electron chi connectivity index (χ0n) is 19.8. The van der Waals surface area contributed by atoms with Gasteiger partial charge in [0.2, 0.25) is 6.23 Å². The minimum absolute atomic E-state index is 0.00575. The summed E-state index contributed by atoms with van der Waals surface area (Å²) in [5.41, 5.74) is 3.45. The number of benzene rings is 4. The zero-order chi connectivity index (χ0) is 24.8. The molecule has 2 atom stereocenters. The third-order valence-corrected chi connectivity index (χ3v) is 6.86. The highest BCUT2D eigenvalue weighted by Gasteiger charge is 2.43. The van der Waals surface area contributed by atoms with E-state index in [4.69, 9.17) is 19.3 Å². The minimum atomic E-state index is -1.13. The van der Waals surface area contributed by atoms with Gasteiger partial charge in [0.15, 0.2) is 11.5 Å². The van der Waals surface area contributed by atoms with Crippen molar-refractivity contribution in [3.8, 4) is 17.2 Å². The lowest BCUT2D eigenvalue weighted by Gasteiger charge is -2.38. The molecule has 4 aromatic rings. The third-order valence-electron chi connectivity index (χ3n) is 6.86. The lowest BCUT2D eigenvalue weighted by atomic mass is 9.93. The van der Waals surface area contributed by atoms with Gasteiger partial charge < -0.3 is 19.3 Å². The van der Waals surface area contributed by atoms with E-state index >= 15 is 0 Å². The predicted octanol–water partition coefficient (Wildman–Crippen LogP) is 5.80. The smallest absolute Gasteiger partial charge is 0.340 e. The number of carboxylic acids is 1. The Balaban J connectivity index is 1.53. The molecule has 0 saturated heterocycles. The van der Waals surface area contributed by atoms with Crippen LogP contribution in [0.25, 0.3) is 10.8 Å². The number of ether oxygens (including phenoxy) is 3. The Morgan fingerprint density at radius 2 is 1.72 bits per heavy atom. The number of nitrogens with zero attached hydrogens (tertiary/aromatic N) is 2. The van der Waals surface area contributed by atoms with E-state index in [1.165, 1.54) is 14.2 Å². The van der Waals surface area contributed by atoms with Crippen molar-refractivity contribution in [2.75, 3.05) is 14.2 Å². The van der Waals surface area contributed by atoms with Gasteiger partial charge in [-0.1, -0.05) is 60.7 Å². The molecule has 0 radical (unpaired) electrons. The summed E-state index contributed by atoms with van der Waals surface area (Å²) in [4.78, 5) is 12.4. The van der Waals surface area contributed by atoms with Crippen molar-refractivity contribution < 1.29 is 24.1 Å². The van der Waals surface area contributed by atoms with Crippen LogP contribution >= 0.6 is 0 Å². The van der Waals surface area contributed by atoms with Gasteiger partial charge in [-0.25, -0.2) is 9.80 Å². The lowest BCUT2D eigenvalue weighted by molar-refractivity contribution is -0.0199. The average Bonchev–Trinajstić information content (AvgIpc) is 3.37. The van der Waals surface area contributed by atoms with Crippen molar-refractivity contribution in [2.24, 2.45) is 5.10 Å². The van der Waals surface area contributed by atoms with E-state index in [1.54, 1.807) is 12.1 Å². The standard InChI is InChI=1S/C29H24N2O5/c1-34-25-15-14-21(26(29(32)33)27(25)35-2)28-31-23(20-11-5-6-13-24(20)36-28)16-22(30-31)19-12-7-9-17-8-3-4-10-18(17)19/h3-15,23,28H,16H2,1-2H3,(H,32,33)/t23-,28-/m0/s1. The van der Waals surface area contributed by atoms with Crippen LogP contribution in [0.2, 0.25) is 0 Å². The van der Waals surface area contributed by atoms with E-state index in [9.17, 15) is 9.90 Å². The van der Waals surface area contributed by atoms with E-state index in [-0.39, 0.29) is 17.4 Å². The maximum absolute atomic E-state index is 12.4. The zero-order valence-corrected chi connectivity index (χ0v) is 19.8. The molecule has 4 aromatic carbocycles. The monoisotopic (exact) mass is 480 g/mol. The topological polar surface area (TPSA) is 80.6 Å². The molecule has 0 aromatic heterocycles. The normalized spacial score (nSPS) is 18.2. The van der Waals surface area contributed by atoms with Crippen LogP contribution in [0.5, 0.6) is 17.2 Å². The molecule has 7 heteroatoms. The molecule has 0 bridgehead atoms. The number of fused-ring (bicyclic) bond motifs is 4. The van der Waals surface area contributed by atoms with Crippen molar-refractivity contribution in [2.45, 2.75) is 18.7 Å². The number of rotatable bonds is 5. The summed E-state index contributed by atoms with van der Waals surface area (Å²) < 4.78 is 17.2. The fraction of sp³-hybridized carbons (Fsp3) is 0.172. The first-order chi connectivity index (χ1) is 17.6. The van der Waals surface area contributed by atoms with Gasteiger partial charge in [-0.05, 0) is 29.0 Å². The molecule has 180 valence electrons. The highest BCUT2D eigenvalue weighted by Crippen LogP contribution is 2.49. The van der Waals surface area contributed by atoms with Crippen molar-refractivity contribution in [1.82, 2.24) is 5.01 Å². The number of hydrazone groups is 1. The predicted molar refractivity (Wildman–Crippen MR) is 136 cm³/mol. The fourth-order valence-electron chi connectivity index (χ4n) is 5.25. The van der Waals surface area contributed by atoms with Gasteiger partial charge in [-0.15, -0.1) is 0 Å². The first-order valence-electron chi connectivity index (χ1n) is 11.7. The maximum Gasteiger partial charge on any atom is 0.340 e. The molecule has 2 aliphatic heterocycles. The van der Waals surface area contributed by atoms with Crippen LogP contribution in [0.3, 0.4) is 0 Å². The molecule has 2 heterocycles. The first-order valence-corrected chi connectivity index (χ1v) is 11.7. The largest absolute Gasteiger partial charge is 0.493 e. The fourth-order valence-corrected chi connectivity index (χ4v) is 5.25. The van der Waals surface area contributed by atoms with Crippen LogP contribution in [0.15, 0.2) is 84.0 Å². The van der Waals surface area contributed by atoms with E-state index in [0.29, 0.717) is 23.5 Å². The van der Waals surface area contributed by atoms with Gasteiger partial charge in [0.1, 0.15) is 11.3 Å². The molecular weight excluding hydrogens is 456 g/mol. The average molecular weight is 481 g/mol. The van der Waals surface area contributed by atoms with Crippen LogP contribution in [0, 0.1) is 0 Å². The molecule has 2 aliphatic rings. The van der Waals surface area contributed by atoms with Gasteiger partial charge in [0.25, 0.3) is 0 Å². The quantitative estimate of drug-likeness (QED) is 0.389. The number of hydrogen-bond acceptors (Lipinski definition) is 6.